The molecule has 0 aliphatic rings. The SMILES string of the molecule is CC(CO)Nc1cc(C(N)=O)ccc1N. The van der Waals surface area contributed by atoms with Crippen molar-refractivity contribution < 1.29 is 9.90 Å². The number of rotatable bonds is 4. The van der Waals surface area contributed by atoms with Gasteiger partial charge < -0.3 is 21.9 Å². The van der Waals surface area contributed by atoms with Crippen LogP contribution >= 0.6 is 0 Å². The molecule has 1 aromatic rings. The molecule has 1 rings (SSSR count). The maximum absolute atomic E-state index is 10.9. The van der Waals surface area contributed by atoms with Crippen LogP contribution in [0.4, 0.5) is 11.4 Å². The fourth-order valence-corrected chi connectivity index (χ4v) is 1.15. The Morgan fingerprint density at radius 3 is 2.80 bits per heavy atom. The Balaban J connectivity index is 2.95. The van der Waals surface area contributed by atoms with Gasteiger partial charge in [0, 0.05) is 11.6 Å². The summed E-state index contributed by atoms with van der Waals surface area (Å²) < 4.78 is 0. The Kier molecular flexibility index (Phi) is 3.51. The number of primary amides is 1. The third-order valence-electron chi connectivity index (χ3n) is 2.01. The number of nitrogen functional groups attached to an aromatic ring is 1. The number of amides is 1. The van der Waals surface area contributed by atoms with Crippen molar-refractivity contribution in [2.75, 3.05) is 17.7 Å². The van der Waals surface area contributed by atoms with Gasteiger partial charge in [-0.15, -0.1) is 0 Å². The normalized spacial score (nSPS) is 12.1. The molecule has 0 radical (unpaired) electrons. The summed E-state index contributed by atoms with van der Waals surface area (Å²) >= 11 is 0. The van der Waals surface area contributed by atoms with Gasteiger partial charge in [-0.2, -0.15) is 0 Å². The molecule has 5 nitrogen and oxygen atoms in total. The molecule has 0 fully saturated rings. The van der Waals surface area contributed by atoms with E-state index in [1.165, 1.54) is 0 Å². The van der Waals surface area contributed by atoms with Crippen molar-refractivity contribution in [1.29, 1.82) is 0 Å². The first-order valence-corrected chi connectivity index (χ1v) is 4.61. The molecular formula is C10H15N3O2. The molecule has 1 unspecified atom stereocenters. The number of carbonyl (C=O) groups excluding carboxylic acids is 1. The first kappa shape index (κ1) is 11.3. The minimum Gasteiger partial charge on any atom is -0.397 e. The van der Waals surface area contributed by atoms with Crippen molar-refractivity contribution in [3.05, 3.63) is 23.8 Å². The van der Waals surface area contributed by atoms with Crippen LogP contribution in [0.25, 0.3) is 0 Å². The Morgan fingerprint density at radius 2 is 2.27 bits per heavy atom. The molecule has 6 N–H and O–H groups in total. The lowest BCUT2D eigenvalue weighted by Gasteiger charge is -2.14. The minimum atomic E-state index is -0.505. The molecule has 0 spiro atoms. The third-order valence-corrected chi connectivity index (χ3v) is 2.01. The number of benzene rings is 1. The van der Waals surface area contributed by atoms with Gasteiger partial charge in [-0.1, -0.05) is 0 Å². The van der Waals surface area contributed by atoms with Crippen LogP contribution in [0, 0.1) is 0 Å². The van der Waals surface area contributed by atoms with E-state index >= 15 is 0 Å². The molecule has 5 heteroatoms. The first-order valence-electron chi connectivity index (χ1n) is 4.61. The zero-order valence-corrected chi connectivity index (χ0v) is 8.53. The molecule has 1 amide bonds. The topological polar surface area (TPSA) is 101 Å². The van der Waals surface area contributed by atoms with E-state index in [1.54, 1.807) is 25.1 Å². The number of nitrogens with one attached hydrogen (secondary N) is 1. The molecule has 1 aromatic carbocycles. The number of aliphatic hydroxyl groups excluding tert-OH is 1. The largest absolute Gasteiger partial charge is 0.397 e. The summed E-state index contributed by atoms with van der Waals surface area (Å²) in [6.45, 7) is 1.79. The smallest absolute Gasteiger partial charge is 0.248 e. The quantitative estimate of drug-likeness (QED) is 0.530. The van der Waals surface area contributed by atoms with Gasteiger partial charge in [0.1, 0.15) is 0 Å². The summed E-state index contributed by atoms with van der Waals surface area (Å²) in [6.07, 6.45) is 0. The van der Waals surface area contributed by atoms with Crippen molar-refractivity contribution in [3.63, 3.8) is 0 Å². The Labute approximate surface area is 88.1 Å². The molecular weight excluding hydrogens is 194 g/mol. The molecule has 0 aliphatic carbocycles. The first-order chi connectivity index (χ1) is 7.04. The molecule has 0 heterocycles. The van der Waals surface area contributed by atoms with E-state index in [2.05, 4.69) is 5.32 Å². The number of nitrogens with two attached hydrogens (primary N) is 2. The summed E-state index contributed by atoms with van der Waals surface area (Å²) in [4.78, 5) is 10.9. The zero-order valence-electron chi connectivity index (χ0n) is 8.53. The predicted molar refractivity (Wildman–Crippen MR) is 59.5 cm³/mol. The highest BCUT2D eigenvalue weighted by Gasteiger charge is 2.07. The molecule has 0 aromatic heterocycles. The number of hydrogen-bond donors (Lipinski definition) is 4. The summed E-state index contributed by atoms with van der Waals surface area (Å²) in [5.74, 6) is -0.505. The van der Waals surface area contributed by atoms with E-state index in [0.717, 1.165) is 0 Å². The second-order valence-corrected chi connectivity index (χ2v) is 3.39. The van der Waals surface area contributed by atoms with Gasteiger partial charge in [0.15, 0.2) is 0 Å². The summed E-state index contributed by atoms with van der Waals surface area (Å²) in [5, 5.41) is 11.8. The Bertz CT molecular complexity index is 366. The predicted octanol–water partition coefficient (Wildman–Crippen LogP) is 0.160. The van der Waals surface area contributed by atoms with Crippen LogP contribution in [0.2, 0.25) is 0 Å². The molecule has 82 valence electrons. The van der Waals surface area contributed by atoms with E-state index in [1.807, 2.05) is 0 Å². The summed E-state index contributed by atoms with van der Waals surface area (Å²) in [5.41, 5.74) is 12.3. The van der Waals surface area contributed by atoms with Crippen molar-refractivity contribution in [2.24, 2.45) is 5.73 Å². The molecule has 1 atom stereocenters. The maximum atomic E-state index is 10.9. The average molecular weight is 209 g/mol. The van der Waals surface area contributed by atoms with E-state index < -0.39 is 5.91 Å². The van der Waals surface area contributed by atoms with Crippen LogP contribution in [0.3, 0.4) is 0 Å². The third kappa shape index (κ3) is 2.85. The summed E-state index contributed by atoms with van der Waals surface area (Å²) in [6, 6.07) is 4.61. The Hall–Kier alpha value is -1.75. The number of aliphatic hydroxyl groups is 1. The minimum absolute atomic E-state index is 0.0137. The molecule has 0 saturated heterocycles. The van der Waals surface area contributed by atoms with Crippen LogP contribution in [-0.4, -0.2) is 23.7 Å². The maximum Gasteiger partial charge on any atom is 0.248 e. The lowest BCUT2D eigenvalue weighted by molar-refractivity contribution is 0.100. The fourth-order valence-electron chi connectivity index (χ4n) is 1.15. The van der Waals surface area contributed by atoms with Crippen LogP contribution in [0.15, 0.2) is 18.2 Å². The highest BCUT2D eigenvalue weighted by atomic mass is 16.3. The number of anilines is 2. The zero-order chi connectivity index (χ0) is 11.4. The van der Waals surface area contributed by atoms with Crippen molar-refractivity contribution >= 4 is 17.3 Å². The van der Waals surface area contributed by atoms with Gasteiger partial charge in [-0.25, -0.2) is 0 Å². The van der Waals surface area contributed by atoms with Crippen LogP contribution in [0.5, 0.6) is 0 Å². The Morgan fingerprint density at radius 1 is 1.60 bits per heavy atom. The monoisotopic (exact) mass is 209 g/mol. The van der Waals surface area contributed by atoms with Crippen molar-refractivity contribution in [3.8, 4) is 0 Å². The van der Waals surface area contributed by atoms with Gasteiger partial charge >= 0.3 is 0 Å². The number of hydrogen-bond acceptors (Lipinski definition) is 4. The molecule has 0 bridgehead atoms. The van der Waals surface area contributed by atoms with Crippen LogP contribution in [0.1, 0.15) is 17.3 Å². The average Bonchev–Trinajstić information content (AvgIpc) is 2.20. The van der Waals surface area contributed by atoms with Crippen molar-refractivity contribution in [1.82, 2.24) is 0 Å². The van der Waals surface area contributed by atoms with Gasteiger partial charge in [-0.05, 0) is 25.1 Å². The highest BCUT2D eigenvalue weighted by molar-refractivity contribution is 5.94. The fraction of sp³-hybridized carbons (Fsp3) is 0.300. The van der Waals surface area contributed by atoms with Gasteiger partial charge in [0.2, 0.25) is 5.91 Å². The van der Waals surface area contributed by atoms with E-state index in [0.29, 0.717) is 16.9 Å². The van der Waals surface area contributed by atoms with Crippen LogP contribution < -0.4 is 16.8 Å². The lowest BCUT2D eigenvalue weighted by atomic mass is 10.1. The van der Waals surface area contributed by atoms with E-state index in [-0.39, 0.29) is 12.6 Å². The second-order valence-electron chi connectivity index (χ2n) is 3.39. The molecule has 0 saturated carbocycles. The van der Waals surface area contributed by atoms with E-state index in [9.17, 15) is 4.79 Å². The van der Waals surface area contributed by atoms with Crippen LogP contribution in [-0.2, 0) is 0 Å². The number of carbonyl (C=O) groups is 1. The van der Waals surface area contributed by atoms with Gasteiger partial charge in [-0.3, -0.25) is 4.79 Å². The van der Waals surface area contributed by atoms with E-state index in [4.69, 9.17) is 16.6 Å². The summed E-state index contributed by atoms with van der Waals surface area (Å²) in [7, 11) is 0. The molecule has 15 heavy (non-hydrogen) atoms. The molecule has 0 aliphatic heterocycles. The standard InChI is InChI=1S/C10H15N3O2/c1-6(5-14)13-9-4-7(10(12)15)2-3-8(9)11/h2-4,6,13-14H,5,11H2,1H3,(H2,12,15). The lowest BCUT2D eigenvalue weighted by Crippen LogP contribution is -2.20. The van der Waals surface area contributed by atoms with Gasteiger partial charge in [0.25, 0.3) is 0 Å². The van der Waals surface area contributed by atoms with Gasteiger partial charge in [0.05, 0.1) is 18.0 Å². The van der Waals surface area contributed by atoms with Crippen molar-refractivity contribution in [2.45, 2.75) is 13.0 Å². The second kappa shape index (κ2) is 4.65. The highest BCUT2D eigenvalue weighted by Crippen LogP contribution is 2.20.